The molecular weight excluding hydrogens is 184 g/mol. The van der Waals surface area contributed by atoms with Crippen molar-refractivity contribution in [3.63, 3.8) is 0 Å². The summed E-state index contributed by atoms with van der Waals surface area (Å²) < 4.78 is 0. The van der Waals surface area contributed by atoms with Gasteiger partial charge in [0.25, 0.3) is 0 Å². The lowest BCUT2D eigenvalue weighted by Crippen LogP contribution is -2.41. The van der Waals surface area contributed by atoms with Gasteiger partial charge in [-0.1, -0.05) is 60.3 Å². The van der Waals surface area contributed by atoms with Crippen LogP contribution in [0.15, 0.2) is 0 Å². The first-order valence-corrected chi connectivity index (χ1v) is 6.47. The molecule has 0 radical (unpaired) electrons. The van der Waals surface area contributed by atoms with Crippen LogP contribution in [0.25, 0.3) is 0 Å². The monoisotopic (exact) mass is 214 g/mol. The molecule has 15 heavy (non-hydrogen) atoms. The van der Waals surface area contributed by atoms with Gasteiger partial charge in [0, 0.05) is 0 Å². The molecule has 1 nitrogen and oxygen atoms in total. The van der Waals surface area contributed by atoms with Crippen molar-refractivity contribution >= 4 is 0 Å². The van der Waals surface area contributed by atoms with E-state index in [2.05, 4.69) is 34.6 Å². The van der Waals surface area contributed by atoms with Crippen LogP contribution in [0.4, 0.5) is 0 Å². The van der Waals surface area contributed by atoms with Crippen LogP contribution in [0.2, 0.25) is 0 Å². The molecule has 0 saturated heterocycles. The minimum absolute atomic E-state index is 0.0212. The van der Waals surface area contributed by atoms with E-state index in [4.69, 9.17) is 0 Å². The Kier molecular flexibility index (Phi) is 5.87. The molecule has 2 unspecified atom stereocenters. The molecule has 0 rings (SSSR count). The molecule has 0 aromatic heterocycles. The van der Waals surface area contributed by atoms with Crippen LogP contribution < -0.4 is 0 Å². The Labute approximate surface area is 96.3 Å². The first-order valence-electron chi connectivity index (χ1n) is 6.47. The molecule has 2 atom stereocenters. The lowest BCUT2D eigenvalue weighted by Gasteiger charge is -2.39. The van der Waals surface area contributed by atoms with E-state index in [1.165, 1.54) is 25.7 Å². The van der Waals surface area contributed by atoms with Crippen molar-refractivity contribution in [1.82, 2.24) is 0 Å². The highest BCUT2D eigenvalue weighted by Gasteiger charge is 2.36. The third kappa shape index (κ3) is 5.01. The molecule has 0 aromatic rings. The SMILES string of the molecule is CCCCC(CC)CC(C)(O)C(C)(C)C. The Morgan fingerprint density at radius 2 is 1.60 bits per heavy atom. The van der Waals surface area contributed by atoms with Crippen molar-refractivity contribution in [3.8, 4) is 0 Å². The zero-order valence-corrected chi connectivity index (χ0v) is 11.6. The highest BCUT2D eigenvalue weighted by molar-refractivity contribution is 4.87. The first-order chi connectivity index (χ1) is 6.74. The van der Waals surface area contributed by atoms with E-state index in [-0.39, 0.29) is 5.41 Å². The van der Waals surface area contributed by atoms with E-state index in [9.17, 15) is 5.11 Å². The summed E-state index contributed by atoms with van der Waals surface area (Å²) in [5, 5.41) is 10.5. The van der Waals surface area contributed by atoms with Crippen LogP contribution in [-0.2, 0) is 0 Å². The number of aliphatic hydroxyl groups is 1. The molecule has 0 spiro atoms. The molecule has 1 heteroatoms. The lowest BCUT2D eigenvalue weighted by molar-refractivity contribution is -0.0609. The summed E-state index contributed by atoms with van der Waals surface area (Å²) in [6.45, 7) is 12.8. The molecule has 0 aliphatic rings. The smallest absolute Gasteiger partial charge is 0.0670 e. The second-order valence-electron chi connectivity index (χ2n) is 6.14. The minimum atomic E-state index is -0.540. The lowest BCUT2D eigenvalue weighted by atomic mass is 9.72. The van der Waals surface area contributed by atoms with Crippen molar-refractivity contribution in [2.45, 2.75) is 79.2 Å². The Bertz CT molecular complexity index is 165. The van der Waals surface area contributed by atoms with Gasteiger partial charge in [0.2, 0.25) is 0 Å². The highest BCUT2D eigenvalue weighted by atomic mass is 16.3. The maximum Gasteiger partial charge on any atom is 0.0670 e. The summed E-state index contributed by atoms with van der Waals surface area (Å²) in [6, 6.07) is 0. The van der Waals surface area contributed by atoms with E-state index in [1.807, 2.05) is 6.92 Å². The molecule has 0 bridgehead atoms. The van der Waals surface area contributed by atoms with E-state index >= 15 is 0 Å². The van der Waals surface area contributed by atoms with Crippen molar-refractivity contribution < 1.29 is 5.11 Å². The summed E-state index contributed by atoms with van der Waals surface area (Å²) in [6.07, 6.45) is 5.94. The zero-order valence-electron chi connectivity index (χ0n) is 11.6. The minimum Gasteiger partial charge on any atom is -0.390 e. The average Bonchev–Trinajstić information content (AvgIpc) is 2.10. The largest absolute Gasteiger partial charge is 0.390 e. The Morgan fingerprint density at radius 1 is 1.07 bits per heavy atom. The third-order valence-electron chi connectivity index (χ3n) is 3.85. The second kappa shape index (κ2) is 5.89. The van der Waals surface area contributed by atoms with Gasteiger partial charge in [-0.05, 0) is 24.7 Å². The zero-order chi connectivity index (χ0) is 12.1. The van der Waals surface area contributed by atoms with Crippen molar-refractivity contribution in [2.24, 2.45) is 11.3 Å². The summed E-state index contributed by atoms with van der Waals surface area (Å²) in [7, 11) is 0. The fraction of sp³-hybridized carbons (Fsp3) is 1.00. The summed E-state index contributed by atoms with van der Waals surface area (Å²) >= 11 is 0. The van der Waals surface area contributed by atoms with Crippen molar-refractivity contribution in [2.75, 3.05) is 0 Å². The molecule has 0 aromatic carbocycles. The van der Waals surface area contributed by atoms with E-state index in [0.29, 0.717) is 5.92 Å². The van der Waals surface area contributed by atoms with Gasteiger partial charge in [-0.3, -0.25) is 0 Å². The van der Waals surface area contributed by atoms with Gasteiger partial charge in [0.1, 0.15) is 0 Å². The number of hydrogen-bond acceptors (Lipinski definition) is 1. The van der Waals surface area contributed by atoms with Crippen LogP contribution in [-0.4, -0.2) is 10.7 Å². The summed E-state index contributed by atoms with van der Waals surface area (Å²) in [5.74, 6) is 0.680. The molecule has 0 fully saturated rings. The quantitative estimate of drug-likeness (QED) is 0.695. The van der Waals surface area contributed by atoms with Crippen molar-refractivity contribution in [1.29, 1.82) is 0 Å². The maximum atomic E-state index is 10.5. The van der Waals surface area contributed by atoms with Crippen LogP contribution in [0.1, 0.15) is 73.6 Å². The number of hydrogen-bond donors (Lipinski definition) is 1. The standard InChI is InChI=1S/C14H30O/c1-7-9-10-12(8-2)11-14(6,15)13(3,4)5/h12,15H,7-11H2,1-6H3. The molecule has 0 aliphatic carbocycles. The fourth-order valence-corrected chi connectivity index (χ4v) is 1.81. The predicted molar refractivity (Wildman–Crippen MR) is 68.0 cm³/mol. The van der Waals surface area contributed by atoms with E-state index in [0.717, 1.165) is 6.42 Å². The van der Waals surface area contributed by atoms with Gasteiger partial charge in [-0.2, -0.15) is 0 Å². The van der Waals surface area contributed by atoms with Crippen molar-refractivity contribution in [3.05, 3.63) is 0 Å². The molecule has 1 N–H and O–H groups in total. The number of rotatable bonds is 6. The molecule has 0 aliphatic heterocycles. The van der Waals surface area contributed by atoms with Gasteiger partial charge in [0.05, 0.1) is 5.60 Å². The number of unbranched alkanes of at least 4 members (excludes halogenated alkanes) is 1. The predicted octanol–water partition coefficient (Wildman–Crippen LogP) is 4.39. The second-order valence-corrected chi connectivity index (χ2v) is 6.14. The molecule has 0 saturated carbocycles. The van der Waals surface area contributed by atoms with Crippen LogP contribution in [0.5, 0.6) is 0 Å². The van der Waals surface area contributed by atoms with Gasteiger partial charge >= 0.3 is 0 Å². The van der Waals surface area contributed by atoms with Crippen LogP contribution in [0.3, 0.4) is 0 Å². The van der Waals surface area contributed by atoms with E-state index in [1.54, 1.807) is 0 Å². The van der Waals surface area contributed by atoms with E-state index < -0.39 is 5.60 Å². The van der Waals surface area contributed by atoms with Crippen LogP contribution >= 0.6 is 0 Å². The molecular formula is C14H30O. The molecule has 0 amide bonds. The van der Waals surface area contributed by atoms with Crippen LogP contribution in [0, 0.1) is 11.3 Å². The van der Waals surface area contributed by atoms with Gasteiger partial charge in [0.15, 0.2) is 0 Å². The summed E-state index contributed by atoms with van der Waals surface area (Å²) in [5.41, 5.74) is -0.561. The highest BCUT2D eigenvalue weighted by Crippen LogP contribution is 2.37. The van der Waals surface area contributed by atoms with Gasteiger partial charge in [-0.15, -0.1) is 0 Å². The Morgan fingerprint density at radius 3 is 1.93 bits per heavy atom. The maximum absolute atomic E-state index is 10.5. The fourth-order valence-electron chi connectivity index (χ4n) is 1.81. The Balaban J connectivity index is 4.27. The topological polar surface area (TPSA) is 20.2 Å². The molecule has 92 valence electrons. The van der Waals surface area contributed by atoms with Gasteiger partial charge < -0.3 is 5.11 Å². The summed E-state index contributed by atoms with van der Waals surface area (Å²) in [4.78, 5) is 0. The normalized spacial score (nSPS) is 18.6. The van der Waals surface area contributed by atoms with Gasteiger partial charge in [-0.25, -0.2) is 0 Å². The Hall–Kier alpha value is -0.0400. The third-order valence-corrected chi connectivity index (χ3v) is 3.85. The average molecular weight is 214 g/mol. The first kappa shape index (κ1) is 15.0. The molecule has 0 heterocycles.